The molecule has 2 amide bonds. The van der Waals surface area contributed by atoms with Gasteiger partial charge in [0, 0.05) is 32.0 Å². The average molecular weight is 411 g/mol. The third-order valence-corrected chi connectivity index (χ3v) is 7.24. The number of pyridine rings is 1. The second kappa shape index (κ2) is 9.58. The first kappa shape index (κ1) is 21.0. The van der Waals surface area contributed by atoms with E-state index < -0.39 is 26.9 Å². The molecule has 27 heavy (non-hydrogen) atoms. The molecule has 0 saturated carbocycles. The Morgan fingerprint density at radius 2 is 1.93 bits per heavy atom. The molecule has 0 aliphatic rings. The quantitative estimate of drug-likeness (QED) is 0.612. The van der Waals surface area contributed by atoms with Crippen LogP contribution >= 0.6 is 11.3 Å². The van der Waals surface area contributed by atoms with Crippen LogP contribution in [-0.4, -0.2) is 63.8 Å². The van der Waals surface area contributed by atoms with Gasteiger partial charge in [0.05, 0.1) is 0 Å². The maximum absolute atomic E-state index is 12.9. The minimum Gasteiger partial charge on any atom is -0.347 e. The molecule has 2 aromatic heterocycles. The van der Waals surface area contributed by atoms with Crippen molar-refractivity contribution in [2.75, 3.05) is 33.7 Å². The van der Waals surface area contributed by atoms with E-state index in [1.807, 2.05) is 19.0 Å². The summed E-state index contributed by atoms with van der Waals surface area (Å²) in [5, 5.41) is 5.54. The maximum Gasteiger partial charge on any atom is 0.309 e. The number of nitrogens with zero attached hydrogens (tertiary/aromatic N) is 2. The summed E-state index contributed by atoms with van der Waals surface area (Å²) in [7, 11) is -0.0402. The van der Waals surface area contributed by atoms with E-state index in [1.165, 1.54) is 18.5 Å². The Labute approximate surface area is 162 Å². The second-order valence-corrected chi connectivity index (χ2v) is 9.33. The first-order valence-corrected chi connectivity index (χ1v) is 10.6. The lowest BCUT2D eigenvalue weighted by Crippen LogP contribution is -2.43. The molecule has 10 heteroatoms. The van der Waals surface area contributed by atoms with Gasteiger partial charge >= 0.3 is 11.8 Å². The highest BCUT2D eigenvalue weighted by Crippen LogP contribution is 2.30. The molecule has 2 rings (SSSR count). The van der Waals surface area contributed by atoms with E-state index in [-0.39, 0.29) is 10.8 Å². The lowest BCUT2D eigenvalue weighted by Gasteiger charge is -2.17. The molecule has 2 heterocycles. The van der Waals surface area contributed by atoms with Crippen molar-refractivity contribution in [3.8, 4) is 0 Å². The van der Waals surface area contributed by atoms with Crippen LogP contribution in [0.15, 0.2) is 46.2 Å². The molecule has 0 fully saturated rings. The highest BCUT2D eigenvalue weighted by molar-refractivity contribution is 7.93. The molecule has 2 N–H and O–H groups in total. The van der Waals surface area contributed by atoms with Gasteiger partial charge in [0.2, 0.25) is 0 Å². The molecular weight excluding hydrogens is 388 g/mol. The number of hydrogen-bond donors (Lipinski definition) is 2. The van der Waals surface area contributed by atoms with Gasteiger partial charge in [-0.2, -0.15) is 0 Å². The Bertz CT molecular complexity index is 852. The van der Waals surface area contributed by atoms with Crippen molar-refractivity contribution >= 4 is 33.0 Å². The normalized spacial score (nSPS) is 12.6. The fraction of sp³-hybridized carbons (Fsp3) is 0.353. The van der Waals surface area contributed by atoms with E-state index in [9.17, 15) is 18.0 Å². The highest BCUT2D eigenvalue weighted by atomic mass is 32.2. The number of hydrogen-bond acceptors (Lipinski definition) is 7. The van der Waals surface area contributed by atoms with Gasteiger partial charge in [-0.3, -0.25) is 14.6 Å². The van der Waals surface area contributed by atoms with Crippen LogP contribution < -0.4 is 10.6 Å². The van der Waals surface area contributed by atoms with Gasteiger partial charge in [-0.25, -0.2) is 8.42 Å². The average Bonchev–Trinajstić information content (AvgIpc) is 3.17. The molecule has 0 radical (unpaired) electrons. The second-order valence-electron chi connectivity index (χ2n) is 6.02. The van der Waals surface area contributed by atoms with Crippen molar-refractivity contribution in [2.45, 2.75) is 9.46 Å². The Morgan fingerprint density at radius 1 is 1.19 bits per heavy atom. The van der Waals surface area contributed by atoms with Crippen molar-refractivity contribution in [3.05, 3.63) is 47.6 Å². The van der Waals surface area contributed by atoms with Crippen LogP contribution in [0.5, 0.6) is 0 Å². The van der Waals surface area contributed by atoms with Crippen molar-refractivity contribution in [2.24, 2.45) is 0 Å². The third-order valence-electron chi connectivity index (χ3n) is 3.71. The first-order valence-electron chi connectivity index (χ1n) is 8.20. The number of sulfone groups is 1. The van der Waals surface area contributed by atoms with E-state index >= 15 is 0 Å². The molecule has 0 spiro atoms. The molecule has 2 aromatic rings. The molecule has 1 atom stereocenters. The van der Waals surface area contributed by atoms with Gasteiger partial charge in [-0.15, -0.1) is 11.3 Å². The van der Waals surface area contributed by atoms with Gasteiger partial charge in [0.15, 0.2) is 9.84 Å². The summed E-state index contributed by atoms with van der Waals surface area (Å²) in [6, 6.07) is 6.42. The summed E-state index contributed by atoms with van der Waals surface area (Å²) in [6.07, 6.45) is 2.98. The minimum absolute atomic E-state index is 0.195. The van der Waals surface area contributed by atoms with Crippen LogP contribution in [0.1, 0.15) is 10.8 Å². The SMILES string of the molecule is CN(C)CCNC(=O)C(=O)NC[C@@H](c1cccnc1)S(=O)(=O)c1cccs1. The van der Waals surface area contributed by atoms with Crippen molar-refractivity contribution in [1.29, 1.82) is 0 Å². The minimum atomic E-state index is -3.73. The summed E-state index contributed by atoms with van der Waals surface area (Å²) >= 11 is 1.10. The lowest BCUT2D eigenvalue weighted by atomic mass is 10.2. The van der Waals surface area contributed by atoms with E-state index in [1.54, 1.807) is 23.6 Å². The fourth-order valence-electron chi connectivity index (χ4n) is 2.28. The lowest BCUT2D eigenvalue weighted by molar-refractivity contribution is -0.139. The number of nitrogens with one attached hydrogen (secondary N) is 2. The van der Waals surface area contributed by atoms with Crippen molar-refractivity contribution < 1.29 is 18.0 Å². The fourth-order valence-corrected chi connectivity index (χ4v) is 5.13. The number of likely N-dealkylation sites (N-methyl/N-ethyl adjacent to an activating group) is 1. The number of carbonyl (C=O) groups excluding carboxylic acids is 2. The third kappa shape index (κ3) is 5.84. The smallest absolute Gasteiger partial charge is 0.309 e. The Morgan fingerprint density at radius 3 is 2.52 bits per heavy atom. The Kier molecular flexibility index (Phi) is 7.45. The monoisotopic (exact) mass is 410 g/mol. The van der Waals surface area contributed by atoms with E-state index in [0.717, 1.165) is 11.3 Å². The van der Waals surface area contributed by atoms with Crippen LogP contribution in [0.3, 0.4) is 0 Å². The molecule has 8 nitrogen and oxygen atoms in total. The Balaban J connectivity index is 2.10. The van der Waals surface area contributed by atoms with E-state index in [0.29, 0.717) is 18.7 Å². The molecular formula is C17H22N4O4S2. The van der Waals surface area contributed by atoms with Crippen LogP contribution in [0.2, 0.25) is 0 Å². The predicted molar refractivity (Wildman–Crippen MR) is 103 cm³/mol. The summed E-state index contributed by atoms with van der Waals surface area (Å²) in [4.78, 5) is 29.7. The van der Waals surface area contributed by atoms with Crippen LogP contribution in [0.25, 0.3) is 0 Å². The zero-order valence-electron chi connectivity index (χ0n) is 15.1. The predicted octanol–water partition coefficient (Wildman–Crippen LogP) is 0.452. The van der Waals surface area contributed by atoms with Crippen LogP contribution in [0.4, 0.5) is 0 Å². The first-order chi connectivity index (χ1) is 12.8. The topological polar surface area (TPSA) is 108 Å². The van der Waals surface area contributed by atoms with Crippen molar-refractivity contribution in [3.63, 3.8) is 0 Å². The summed E-state index contributed by atoms with van der Waals surface area (Å²) in [5.74, 6) is -1.67. The zero-order valence-corrected chi connectivity index (χ0v) is 16.7. The number of amides is 2. The van der Waals surface area contributed by atoms with Crippen LogP contribution in [0, 0.1) is 0 Å². The highest BCUT2D eigenvalue weighted by Gasteiger charge is 2.31. The molecule has 0 aliphatic carbocycles. The number of carbonyl (C=O) groups is 2. The molecule has 146 valence electrons. The number of thiophene rings is 1. The van der Waals surface area contributed by atoms with Gasteiger partial charge in [0.1, 0.15) is 9.46 Å². The van der Waals surface area contributed by atoms with Crippen LogP contribution in [-0.2, 0) is 19.4 Å². The molecule has 0 bridgehead atoms. The van der Waals surface area contributed by atoms with E-state index in [4.69, 9.17) is 0 Å². The zero-order chi connectivity index (χ0) is 19.9. The number of rotatable bonds is 8. The van der Waals surface area contributed by atoms with Gasteiger partial charge in [-0.1, -0.05) is 12.1 Å². The van der Waals surface area contributed by atoms with E-state index in [2.05, 4.69) is 15.6 Å². The molecule has 0 aliphatic heterocycles. The van der Waals surface area contributed by atoms with Gasteiger partial charge in [-0.05, 0) is 37.2 Å². The summed E-state index contributed by atoms with van der Waals surface area (Å²) < 4.78 is 26.1. The molecule has 0 aromatic carbocycles. The van der Waals surface area contributed by atoms with Gasteiger partial charge in [0.25, 0.3) is 0 Å². The standard InChI is InChI=1S/C17H22N4O4S2/c1-21(2)9-8-19-16(22)17(23)20-12-14(13-5-3-7-18-11-13)27(24,25)15-6-4-10-26-15/h3-7,10-11,14H,8-9,12H2,1-2H3,(H,19,22)(H,20,23)/t14-/m0/s1. The molecule has 0 unspecified atom stereocenters. The summed E-state index contributed by atoms with van der Waals surface area (Å²) in [5.41, 5.74) is 0.444. The summed E-state index contributed by atoms with van der Waals surface area (Å²) in [6.45, 7) is 0.675. The largest absolute Gasteiger partial charge is 0.347 e. The Hall–Kier alpha value is -2.30. The van der Waals surface area contributed by atoms with Crippen molar-refractivity contribution in [1.82, 2.24) is 20.5 Å². The molecule has 0 saturated heterocycles. The maximum atomic E-state index is 12.9. The van der Waals surface area contributed by atoms with Gasteiger partial charge < -0.3 is 15.5 Å². The number of aromatic nitrogens is 1.